The van der Waals surface area contributed by atoms with Crippen LogP contribution in [0.15, 0.2) is 0 Å². The zero-order valence-corrected chi connectivity index (χ0v) is 8.32. The average molecular weight is 193 g/mol. The lowest BCUT2D eigenvalue weighted by Crippen LogP contribution is -2.21. The molecule has 0 fully saturated rings. The molecule has 1 atom stereocenters. The molecule has 1 aromatic rings. The van der Waals surface area contributed by atoms with Crippen LogP contribution in [0.2, 0.25) is 0 Å². The first-order valence-corrected chi connectivity index (χ1v) is 4.93. The van der Waals surface area contributed by atoms with E-state index < -0.39 is 0 Å². The molecule has 1 aromatic heterocycles. The van der Waals surface area contributed by atoms with Gasteiger partial charge >= 0.3 is 0 Å². The third-order valence-corrected chi connectivity index (χ3v) is 2.78. The highest BCUT2D eigenvalue weighted by Crippen LogP contribution is 2.26. The molecule has 0 radical (unpaired) electrons. The standard InChI is InChI=1S/C10H15N3O/c1-6-12-9-3-2-7(5-14)4-8(9)10(11)13-6/h7,14H,2-5H2,1H3,(H2,11,12,13). The monoisotopic (exact) mass is 193 g/mol. The van der Waals surface area contributed by atoms with Gasteiger partial charge in [-0.2, -0.15) is 0 Å². The van der Waals surface area contributed by atoms with Gasteiger partial charge in [-0.25, -0.2) is 9.97 Å². The van der Waals surface area contributed by atoms with Gasteiger partial charge in [0.05, 0.1) is 0 Å². The summed E-state index contributed by atoms with van der Waals surface area (Å²) in [6.45, 7) is 2.08. The normalized spacial score (nSPS) is 20.6. The van der Waals surface area contributed by atoms with Crippen LogP contribution in [0.3, 0.4) is 0 Å². The van der Waals surface area contributed by atoms with Crippen molar-refractivity contribution in [3.05, 3.63) is 17.1 Å². The van der Waals surface area contributed by atoms with E-state index in [-0.39, 0.29) is 6.61 Å². The van der Waals surface area contributed by atoms with E-state index in [1.807, 2.05) is 6.92 Å². The summed E-state index contributed by atoms with van der Waals surface area (Å²) in [5, 5.41) is 9.08. The fourth-order valence-corrected chi connectivity index (χ4v) is 1.99. The zero-order chi connectivity index (χ0) is 10.1. The molecule has 0 saturated carbocycles. The summed E-state index contributed by atoms with van der Waals surface area (Å²) >= 11 is 0. The molecule has 1 heterocycles. The Hall–Kier alpha value is -1.16. The number of nitrogens with two attached hydrogens (primary N) is 1. The maximum Gasteiger partial charge on any atom is 0.130 e. The second-order valence-corrected chi connectivity index (χ2v) is 3.87. The number of aryl methyl sites for hydroxylation is 2. The first-order chi connectivity index (χ1) is 6.70. The number of hydrogen-bond donors (Lipinski definition) is 2. The molecule has 2 rings (SSSR count). The minimum absolute atomic E-state index is 0.229. The number of hydrogen-bond acceptors (Lipinski definition) is 4. The van der Waals surface area contributed by atoms with Crippen LogP contribution in [0.25, 0.3) is 0 Å². The molecule has 1 unspecified atom stereocenters. The maximum atomic E-state index is 9.08. The third kappa shape index (κ3) is 1.57. The minimum Gasteiger partial charge on any atom is -0.396 e. The molecule has 4 nitrogen and oxygen atoms in total. The third-order valence-electron chi connectivity index (χ3n) is 2.78. The fraction of sp³-hybridized carbons (Fsp3) is 0.600. The average Bonchev–Trinajstić information content (AvgIpc) is 2.17. The van der Waals surface area contributed by atoms with Crippen molar-refractivity contribution in [1.82, 2.24) is 9.97 Å². The number of rotatable bonds is 1. The van der Waals surface area contributed by atoms with Gasteiger partial charge in [0.1, 0.15) is 11.6 Å². The van der Waals surface area contributed by atoms with E-state index in [0.717, 1.165) is 36.3 Å². The van der Waals surface area contributed by atoms with Crippen LogP contribution in [0, 0.1) is 12.8 Å². The van der Waals surface area contributed by atoms with Crippen molar-refractivity contribution < 1.29 is 5.11 Å². The zero-order valence-electron chi connectivity index (χ0n) is 8.32. The van der Waals surface area contributed by atoms with E-state index in [0.29, 0.717) is 11.7 Å². The summed E-state index contributed by atoms with van der Waals surface area (Å²) in [7, 11) is 0. The molecule has 1 aliphatic rings. The summed E-state index contributed by atoms with van der Waals surface area (Å²) in [4.78, 5) is 8.51. The lowest BCUT2D eigenvalue weighted by molar-refractivity contribution is 0.212. The second kappa shape index (κ2) is 3.53. The van der Waals surface area contributed by atoms with Crippen molar-refractivity contribution in [2.24, 2.45) is 5.92 Å². The Kier molecular flexibility index (Phi) is 2.37. The fourth-order valence-electron chi connectivity index (χ4n) is 1.99. The van der Waals surface area contributed by atoms with Crippen molar-refractivity contribution in [2.45, 2.75) is 26.2 Å². The van der Waals surface area contributed by atoms with Crippen LogP contribution in [-0.2, 0) is 12.8 Å². The Morgan fingerprint density at radius 1 is 1.50 bits per heavy atom. The Balaban J connectivity index is 2.37. The number of aromatic nitrogens is 2. The van der Waals surface area contributed by atoms with E-state index in [2.05, 4.69) is 9.97 Å². The quantitative estimate of drug-likeness (QED) is 0.680. The summed E-state index contributed by atoms with van der Waals surface area (Å²) in [6.07, 6.45) is 2.73. The van der Waals surface area contributed by atoms with Crippen LogP contribution >= 0.6 is 0 Å². The van der Waals surface area contributed by atoms with Gasteiger partial charge in [0, 0.05) is 17.9 Å². The largest absolute Gasteiger partial charge is 0.396 e. The first-order valence-electron chi connectivity index (χ1n) is 4.93. The number of nitrogens with zero attached hydrogens (tertiary/aromatic N) is 2. The van der Waals surface area contributed by atoms with Crippen molar-refractivity contribution in [2.75, 3.05) is 12.3 Å². The van der Waals surface area contributed by atoms with Gasteiger partial charge in [-0.3, -0.25) is 0 Å². The Morgan fingerprint density at radius 3 is 3.00 bits per heavy atom. The Bertz CT molecular complexity index is 351. The van der Waals surface area contributed by atoms with E-state index in [9.17, 15) is 0 Å². The van der Waals surface area contributed by atoms with E-state index in [1.54, 1.807) is 0 Å². The SMILES string of the molecule is Cc1nc(N)c2c(n1)CCC(CO)C2. The molecule has 14 heavy (non-hydrogen) atoms. The predicted molar refractivity (Wildman–Crippen MR) is 53.8 cm³/mol. The van der Waals surface area contributed by atoms with Gasteiger partial charge in [-0.05, 0) is 32.1 Å². The maximum absolute atomic E-state index is 9.08. The smallest absolute Gasteiger partial charge is 0.130 e. The summed E-state index contributed by atoms with van der Waals surface area (Å²) in [5.41, 5.74) is 7.94. The predicted octanol–water partition coefficient (Wildman–Crippen LogP) is 0.464. The molecule has 0 aromatic carbocycles. The van der Waals surface area contributed by atoms with Crippen LogP contribution < -0.4 is 5.73 Å². The molecule has 0 bridgehead atoms. The Morgan fingerprint density at radius 2 is 2.29 bits per heavy atom. The van der Waals surface area contributed by atoms with Gasteiger partial charge in [0.15, 0.2) is 0 Å². The highest BCUT2D eigenvalue weighted by Gasteiger charge is 2.21. The molecule has 0 amide bonds. The summed E-state index contributed by atoms with van der Waals surface area (Å²) in [6, 6.07) is 0. The van der Waals surface area contributed by atoms with Gasteiger partial charge in [0.2, 0.25) is 0 Å². The van der Waals surface area contributed by atoms with Gasteiger partial charge < -0.3 is 10.8 Å². The van der Waals surface area contributed by atoms with Crippen LogP contribution in [0.5, 0.6) is 0 Å². The molecule has 0 aliphatic heterocycles. The van der Waals surface area contributed by atoms with E-state index >= 15 is 0 Å². The molecule has 1 aliphatic carbocycles. The summed E-state index contributed by atoms with van der Waals surface area (Å²) in [5.74, 6) is 1.66. The molecule has 4 heteroatoms. The van der Waals surface area contributed by atoms with Crippen LogP contribution in [-0.4, -0.2) is 21.7 Å². The molecule has 0 spiro atoms. The molecule has 0 saturated heterocycles. The topological polar surface area (TPSA) is 72.0 Å². The Labute approximate surface area is 83.2 Å². The van der Waals surface area contributed by atoms with Crippen molar-refractivity contribution in [1.29, 1.82) is 0 Å². The van der Waals surface area contributed by atoms with Gasteiger partial charge in [-0.15, -0.1) is 0 Å². The number of aliphatic hydroxyl groups excluding tert-OH is 1. The van der Waals surface area contributed by atoms with Crippen molar-refractivity contribution in [3.8, 4) is 0 Å². The van der Waals surface area contributed by atoms with Crippen LogP contribution in [0.1, 0.15) is 23.5 Å². The highest BCUT2D eigenvalue weighted by atomic mass is 16.3. The molecular weight excluding hydrogens is 178 g/mol. The van der Waals surface area contributed by atoms with E-state index in [1.165, 1.54) is 0 Å². The molecule has 3 N–H and O–H groups in total. The van der Waals surface area contributed by atoms with Gasteiger partial charge in [0.25, 0.3) is 0 Å². The second-order valence-electron chi connectivity index (χ2n) is 3.87. The lowest BCUT2D eigenvalue weighted by Gasteiger charge is -2.23. The van der Waals surface area contributed by atoms with E-state index in [4.69, 9.17) is 10.8 Å². The minimum atomic E-state index is 0.229. The first kappa shape index (κ1) is 9.40. The van der Waals surface area contributed by atoms with Crippen molar-refractivity contribution in [3.63, 3.8) is 0 Å². The highest BCUT2D eigenvalue weighted by molar-refractivity contribution is 5.43. The number of fused-ring (bicyclic) bond motifs is 1. The summed E-state index contributed by atoms with van der Waals surface area (Å²) < 4.78 is 0. The number of nitrogen functional groups attached to an aromatic ring is 1. The number of anilines is 1. The van der Waals surface area contributed by atoms with Gasteiger partial charge in [-0.1, -0.05) is 0 Å². The molecule has 76 valence electrons. The van der Waals surface area contributed by atoms with Crippen molar-refractivity contribution >= 4 is 5.82 Å². The molecular formula is C10H15N3O. The lowest BCUT2D eigenvalue weighted by atomic mass is 9.87. The number of aliphatic hydroxyl groups is 1. The van der Waals surface area contributed by atoms with Crippen LogP contribution in [0.4, 0.5) is 5.82 Å².